The van der Waals surface area contributed by atoms with Gasteiger partial charge >= 0.3 is 105 Å². The first-order valence-electron chi connectivity index (χ1n) is 20.1. The number of alkyl halides is 2. The molecule has 6 aromatic carbocycles. The average Bonchev–Trinajstić information content (AvgIpc) is 3.27. The second-order valence-corrected chi connectivity index (χ2v) is 54.6. The Hall–Kier alpha value is 0.499. The summed E-state index contributed by atoms with van der Waals surface area (Å²) in [5.74, 6) is 0. The zero-order valence-electron chi connectivity index (χ0n) is 34.6. The summed E-state index contributed by atoms with van der Waals surface area (Å²) in [7, 11) is 22.4. The fraction of sp³-hybridized carbons (Fsp3) is 0.250. The monoisotopic (exact) mass is 1240 g/mol. The van der Waals surface area contributed by atoms with Crippen molar-refractivity contribution in [3.8, 4) is 0 Å². The first-order valence-corrected chi connectivity index (χ1v) is 40.5. The Kier molecular flexibility index (Phi) is 27.6. The van der Waals surface area contributed by atoms with Gasteiger partial charge in [-0.25, -0.2) is 0 Å². The van der Waals surface area contributed by atoms with Crippen LogP contribution in [0.2, 0.25) is 0 Å². The van der Waals surface area contributed by atoms with Gasteiger partial charge in [-0.2, -0.15) is 0 Å². The molecule has 6 aromatic rings. The van der Waals surface area contributed by atoms with Crippen molar-refractivity contribution in [3.63, 3.8) is 0 Å². The van der Waals surface area contributed by atoms with E-state index >= 15 is 0 Å². The Morgan fingerprint density at radius 2 is 0.532 bits per heavy atom. The van der Waals surface area contributed by atoms with Crippen LogP contribution in [-0.2, 0) is 16.6 Å². The van der Waals surface area contributed by atoms with Crippen LogP contribution in [0.3, 0.4) is 0 Å². The topological polar surface area (TPSA) is 0 Å². The third-order valence-corrected chi connectivity index (χ3v) is 20.1. The molecule has 6 rings (SSSR count). The van der Waals surface area contributed by atoms with Gasteiger partial charge in [-0.1, -0.05) is 149 Å². The molecular weight excluding hydrogens is 1190 g/mol. The summed E-state index contributed by atoms with van der Waals surface area (Å²) in [5.41, 5.74) is 0. The number of benzene rings is 6. The van der Waals surface area contributed by atoms with Crippen LogP contribution in [0.15, 0.2) is 182 Å². The molecule has 2 atom stereocenters. The molecule has 0 aromatic heterocycles. The van der Waals surface area contributed by atoms with Crippen LogP contribution >= 0.6 is 127 Å². The number of rotatable bonds is 16. The van der Waals surface area contributed by atoms with Gasteiger partial charge in [0.1, 0.15) is 46.4 Å². The maximum atomic E-state index is 6.92. The third kappa shape index (κ3) is 20.4. The summed E-state index contributed by atoms with van der Waals surface area (Å²) in [5, 5.41) is 8.87. The van der Waals surface area contributed by atoms with Gasteiger partial charge in [0.25, 0.3) is 0 Å². The molecule has 0 fully saturated rings. The average molecular weight is 1250 g/mol. The summed E-state index contributed by atoms with van der Waals surface area (Å²) in [6.07, 6.45) is 8.92. The van der Waals surface area contributed by atoms with Crippen molar-refractivity contribution >= 4 is 158 Å². The van der Waals surface area contributed by atoms with Crippen LogP contribution < -0.4 is 31.8 Å². The van der Waals surface area contributed by atoms with E-state index in [2.05, 4.69) is 224 Å². The Morgan fingerprint density at radius 1 is 0.371 bits per heavy atom. The predicted octanol–water partition coefficient (Wildman–Crippen LogP) is 17.4. The Morgan fingerprint density at radius 3 is 0.677 bits per heavy atom. The molecule has 0 aliphatic rings. The van der Waals surface area contributed by atoms with Crippen molar-refractivity contribution in [2.45, 2.75) is 63.1 Å². The molecular formula is C48H54Br2Cl8Mn2P2. The normalized spacial score (nSPS) is 13.1. The first kappa shape index (κ1) is 56.8. The van der Waals surface area contributed by atoms with Crippen molar-refractivity contribution in [3.05, 3.63) is 182 Å². The number of hydrogen-bond donors (Lipinski definition) is 0. The second kappa shape index (κ2) is 30.1. The van der Waals surface area contributed by atoms with Crippen LogP contribution in [0.1, 0.15) is 52.4 Å². The SMILES string of the molecule is CCCCC(Cl)C[P+](c1ccccc1)(c1ccccc1)c1ccccc1.CCCCC(Cl)C[P+](c1ccccc1)(c1ccccc1)c1ccccc1.[Cl][Mn-]([Cl])([Cl])[Br].[Cl][Mn-]([Cl])([Cl])[Br]. The van der Waals surface area contributed by atoms with E-state index in [4.69, 9.17) is 83.8 Å². The maximum absolute atomic E-state index is 6.92. The second-order valence-electron chi connectivity index (χ2n) is 14.1. The van der Waals surface area contributed by atoms with Crippen LogP contribution in [0.5, 0.6) is 0 Å². The third-order valence-electron chi connectivity index (χ3n) is 9.87. The Bertz CT molecular complexity index is 1700. The summed E-state index contributed by atoms with van der Waals surface area (Å²) >= 11 is 19.5. The summed E-state index contributed by atoms with van der Waals surface area (Å²) in [6, 6.07) is 66.0. The van der Waals surface area contributed by atoms with Crippen molar-refractivity contribution in [2.75, 3.05) is 12.3 Å². The van der Waals surface area contributed by atoms with E-state index in [1.165, 1.54) is 57.5 Å². The zero-order valence-corrected chi connectivity index (χ0v) is 47.9. The van der Waals surface area contributed by atoms with Crippen molar-refractivity contribution < 1.29 is 16.6 Å². The molecule has 0 N–H and O–H groups in total. The minimum absolute atomic E-state index is 0.184. The molecule has 0 saturated heterocycles. The molecule has 0 radical (unpaired) electrons. The van der Waals surface area contributed by atoms with Gasteiger partial charge < -0.3 is 0 Å². The molecule has 2 unspecified atom stereocenters. The van der Waals surface area contributed by atoms with E-state index in [0.717, 1.165) is 25.2 Å². The van der Waals surface area contributed by atoms with Crippen molar-refractivity contribution in [1.82, 2.24) is 0 Å². The Labute approximate surface area is 427 Å². The van der Waals surface area contributed by atoms with Gasteiger partial charge in [-0.3, -0.25) is 0 Å². The van der Waals surface area contributed by atoms with Crippen LogP contribution in [0, 0.1) is 0 Å². The van der Waals surface area contributed by atoms with E-state index in [9.17, 15) is 0 Å². The molecule has 62 heavy (non-hydrogen) atoms. The molecule has 0 aliphatic heterocycles. The molecule has 0 saturated carbocycles. The van der Waals surface area contributed by atoms with E-state index in [0.29, 0.717) is 0 Å². The molecule has 0 spiro atoms. The summed E-state index contributed by atoms with van der Waals surface area (Å²) in [4.78, 5) is 0. The zero-order chi connectivity index (χ0) is 45.5. The van der Waals surface area contributed by atoms with E-state index in [1.54, 1.807) is 0 Å². The molecule has 0 heterocycles. The van der Waals surface area contributed by atoms with Crippen LogP contribution in [0.4, 0.5) is 0 Å². The standard InChI is InChI=1S/2C24H27ClP.2BrH.6ClH.2Mn/c2*1-2-3-13-21(25)20-26(22-14-7-4-8-15-22,23-16-9-5-10-17-23)24-18-11-6-12-19-24;;;;;;;;;;/h2*4-12,14-19,21H,2-3,13,20H2,1H3;8*1H;;/q2*+1;;;;;;;;;2*+3/p-8. The van der Waals surface area contributed by atoms with Gasteiger partial charge in [0.05, 0.1) is 23.1 Å². The van der Waals surface area contributed by atoms with Gasteiger partial charge in [0.15, 0.2) is 0 Å². The number of halogens is 10. The fourth-order valence-corrected chi connectivity index (χ4v) is 17.5. The van der Waals surface area contributed by atoms with Crippen molar-refractivity contribution in [2.24, 2.45) is 0 Å². The molecule has 14 heteroatoms. The van der Waals surface area contributed by atoms with Gasteiger partial charge in [-0.05, 0) is 85.6 Å². The first-order chi connectivity index (χ1) is 29.5. The van der Waals surface area contributed by atoms with Gasteiger partial charge in [0, 0.05) is 0 Å². The molecule has 0 amide bonds. The van der Waals surface area contributed by atoms with Gasteiger partial charge in [0.2, 0.25) is 0 Å². The summed E-state index contributed by atoms with van der Waals surface area (Å²) in [6.45, 7) is 4.47. The number of unbranched alkanes of at least 4 members (excludes halogenated alkanes) is 2. The molecule has 0 bridgehead atoms. The van der Waals surface area contributed by atoms with Crippen LogP contribution in [-0.4, -0.2) is 23.1 Å². The summed E-state index contributed by atoms with van der Waals surface area (Å²) < 4.78 is 0. The molecule has 0 aliphatic carbocycles. The Balaban J connectivity index is 0.000000271. The van der Waals surface area contributed by atoms with Gasteiger partial charge in [-0.15, -0.1) is 23.2 Å². The van der Waals surface area contributed by atoms with Crippen LogP contribution in [0.25, 0.3) is 0 Å². The quantitative estimate of drug-likeness (QED) is 0.0515. The van der Waals surface area contributed by atoms with E-state index < -0.39 is 31.1 Å². The number of hydrogen-bond acceptors (Lipinski definition) is 0. The van der Waals surface area contributed by atoms with Crippen molar-refractivity contribution in [1.29, 1.82) is 0 Å². The predicted molar refractivity (Wildman–Crippen MR) is 291 cm³/mol. The fourth-order valence-electron chi connectivity index (χ4n) is 7.25. The molecule has 0 nitrogen and oxygen atoms in total. The van der Waals surface area contributed by atoms with E-state index in [-0.39, 0.29) is 10.8 Å². The van der Waals surface area contributed by atoms with E-state index in [1.807, 2.05) is 0 Å². The molecule has 340 valence electrons. The minimum atomic E-state index is -2.40.